The van der Waals surface area contributed by atoms with Gasteiger partial charge >= 0.3 is 0 Å². The second kappa shape index (κ2) is 4.27. The summed E-state index contributed by atoms with van der Waals surface area (Å²) >= 11 is 0. The normalized spacial score (nSPS) is 12.5. The van der Waals surface area contributed by atoms with Crippen LogP contribution >= 0.6 is 0 Å². The fourth-order valence-electron chi connectivity index (χ4n) is 1.50. The molecule has 1 rings (SSSR count). The number of rotatable bonds is 3. The minimum absolute atomic E-state index is 0.0160. The molecule has 0 aliphatic carbocycles. The summed E-state index contributed by atoms with van der Waals surface area (Å²) in [6.07, 6.45) is 0. The summed E-state index contributed by atoms with van der Waals surface area (Å²) in [4.78, 5) is 3.02. The van der Waals surface area contributed by atoms with Crippen LogP contribution in [0.5, 0.6) is 0 Å². The summed E-state index contributed by atoms with van der Waals surface area (Å²) in [5.41, 5.74) is 3.46. The van der Waals surface area contributed by atoms with E-state index < -0.39 is 0 Å². The van der Waals surface area contributed by atoms with Crippen LogP contribution in [0.2, 0.25) is 0 Å². The van der Waals surface area contributed by atoms with E-state index in [2.05, 4.69) is 16.4 Å². The Bertz CT molecular complexity index is 358. The van der Waals surface area contributed by atoms with E-state index in [4.69, 9.17) is 10.4 Å². The molecule has 0 aromatic carbocycles. The maximum absolute atomic E-state index is 9.11. The fourth-order valence-corrected chi connectivity index (χ4v) is 1.50. The van der Waals surface area contributed by atoms with Crippen molar-refractivity contribution < 1.29 is 5.11 Å². The Labute approximate surface area is 83.6 Å². The van der Waals surface area contributed by atoms with E-state index in [0.717, 1.165) is 16.8 Å². The molecule has 0 fully saturated rings. The number of nitrogens with zero attached hydrogens (tertiary/aromatic N) is 1. The summed E-state index contributed by atoms with van der Waals surface area (Å²) in [6, 6.07) is 1.97. The maximum Gasteiger partial charge on any atom is 0.121 e. The van der Waals surface area contributed by atoms with Crippen LogP contribution in [-0.4, -0.2) is 23.7 Å². The lowest BCUT2D eigenvalue weighted by Gasteiger charge is -2.12. The van der Waals surface area contributed by atoms with Crippen molar-refractivity contribution in [2.75, 3.05) is 13.7 Å². The van der Waals surface area contributed by atoms with E-state index in [0.29, 0.717) is 5.69 Å². The molecular weight excluding hydrogens is 178 g/mol. The molecule has 1 unspecified atom stereocenters. The molecule has 0 amide bonds. The van der Waals surface area contributed by atoms with E-state index in [1.807, 2.05) is 13.8 Å². The highest BCUT2D eigenvalue weighted by Gasteiger charge is 2.16. The van der Waals surface area contributed by atoms with Gasteiger partial charge in [-0.2, -0.15) is 5.26 Å². The Balaban J connectivity index is 3.16. The zero-order valence-electron chi connectivity index (χ0n) is 8.68. The number of aromatic nitrogens is 1. The summed E-state index contributed by atoms with van der Waals surface area (Å²) < 4.78 is 0. The Kier molecular flexibility index (Phi) is 3.28. The van der Waals surface area contributed by atoms with E-state index in [9.17, 15) is 0 Å². The van der Waals surface area contributed by atoms with Crippen molar-refractivity contribution in [3.63, 3.8) is 0 Å². The van der Waals surface area contributed by atoms with Crippen molar-refractivity contribution in [1.29, 1.82) is 5.26 Å². The van der Waals surface area contributed by atoms with E-state index in [-0.39, 0.29) is 12.6 Å². The molecule has 0 spiro atoms. The van der Waals surface area contributed by atoms with Crippen molar-refractivity contribution in [2.45, 2.75) is 19.9 Å². The van der Waals surface area contributed by atoms with Crippen molar-refractivity contribution >= 4 is 0 Å². The molecule has 3 N–H and O–H groups in total. The average Bonchev–Trinajstić information content (AvgIpc) is 2.48. The van der Waals surface area contributed by atoms with Gasteiger partial charge < -0.3 is 15.4 Å². The first kappa shape index (κ1) is 10.8. The third-order valence-electron chi connectivity index (χ3n) is 2.59. The Hall–Kier alpha value is -1.31. The molecule has 1 atom stereocenters. The molecule has 0 saturated heterocycles. The van der Waals surface area contributed by atoms with Crippen LogP contribution < -0.4 is 5.32 Å². The van der Waals surface area contributed by atoms with Gasteiger partial charge in [-0.05, 0) is 32.0 Å². The number of H-pyrrole nitrogens is 1. The number of nitrogens with one attached hydrogen (secondary N) is 2. The second-order valence-electron chi connectivity index (χ2n) is 3.30. The van der Waals surface area contributed by atoms with Crippen LogP contribution in [0, 0.1) is 25.2 Å². The quantitative estimate of drug-likeness (QED) is 0.663. The fraction of sp³-hybridized carbons (Fsp3) is 0.500. The van der Waals surface area contributed by atoms with Crippen molar-refractivity contribution in [2.24, 2.45) is 0 Å². The standard InChI is InChI=1S/C10H15N3O/c1-6-7(2)10(9(5-14)12-3)13-8(6)4-11/h9,12-14H,5H2,1-3H3. The molecule has 0 bridgehead atoms. The zero-order valence-corrected chi connectivity index (χ0v) is 8.68. The Morgan fingerprint density at radius 1 is 1.50 bits per heavy atom. The first-order valence-corrected chi connectivity index (χ1v) is 4.53. The molecule has 0 aliphatic rings. The van der Waals surface area contributed by atoms with Gasteiger partial charge in [0, 0.05) is 5.69 Å². The Morgan fingerprint density at radius 3 is 2.50 bits per heavy atom. The zero-order chi connectivity index (χ0) is 10.7. The highest BCUT2D eigenvalue weighted by atomic mass is 16.3. The number of aliphatic hydroxyl groups excluding tert-OH is 1. The third kappa shape index (κ3) is 1.65. The minimum Gasteiger partial charge on any atom is -0.394 e. The number of hydrogen-bond donors (Lipinski definition) is 3. The van der Waals surface area contributed by atoms with Crippen LogP contribution in [0.4, 0.5) is 0 Å². The molecular formula is C10H15N3O. The second-order valence-corrected chi connectivity index (χ2v) is 3.30. The molecule has 1 aromatic heterocycles. The van der Waals surface area contributed by atoms with Crippen LogP contribution in [0.1, 0.15) is 28.6 Å². The topological polar surface area (TPSA) is 71.8 Å². The largest absolute Gasteiger partial charge is 0.394 e. The van der Waals surface area contributed by atoms with Crippen LogP contribution in [-0.2, 0) is 0 Å². The van der Waals surface area contributed by atoms with E-state index in [1.54, 1.807) is 7.05 Å². The van der Waals surface area contributed by atoms with Gasteiger partial charge in [0.05, 0.1) is 12.6 Å². The molecule has 0 saturated carbocycles. The number of aromatic amines is 1. The summed E-state index contributed by atoms with van der Waals surface area (Å²) in [6.45, 7) is 3.86. The maximum atomic E-state index is 9.11. The molecule has 4 heteroatoms. The molecule has 14 heavy (non-hydrogen) atoms. The smallest absolute Gasteiger partial charge is 0.121 e. The highest BCUT2D eigenvalue weighted by molar-refractivity contribution is 5.42. The van der Waals surface area contributed by atoms with Crippen LogP contribution in [0.3, 0.4) is 0 Å². The minimum atomic E-state index is -0.129. The monoisotopic (exact) mass is 193 g/mol. The lowest BCUT2D eigenvalue weighted by atomic mass is 10.1. The molecule has 1 aromatic rings. The summed E-state index contributed by atoms with van der Waals surface area (Å²) in [5, 5.41) is 20.9. The predicted molar refractivity (Wildman–Crippen MR) is 53.9 cm³/mol. The van der Waals surface area contributed by atoms with E-state index in [1.165, 1.54) is 0 Å². The first-order chi connectivity index (χ1) is 6.65. The summed E-state index contributed by atoms with van der Waals surface area (Å²) in [5.74, 6) is 0. The van der Waals surface area contributed by atoms with Gasteiger partial charge in [0.25, 0.3) is 0 Å². The van der Waals surface area contributed by atoms with Gasteiger partial charge in [-0.15, -0.1) is 0 Å². The van der Waals surface area contributed by atoms with Crippen LogP contribution in [0.25, 0.3) is 0 Å². The summed E-state index contributed by atoms with van der Waals surface area (Å²) in [7, 11) is 1.78. The molecule has 0 aliphatic heterocycles. The van der Waals surface area contributed by atoms with Gasteiger partial charge in [-0.1, -0.05) is 0 Å². The number of aliphatic hydroxyl groups is 1. The SMILES string of the molecule is CNC(CO)c1[nH]c(C#N)c(C)c1C. The van der Waals surface area contributed by atoms with Gasteiger partial charge in [0.15, 0.2) is 0 Å². The third-order valence-corrected chi connectivity index (χ3v) is 2.59. The van der Waals surface area contributed by atoms with Gasteiger partial charge in [-0.3, -0.25) is 0 Å². The number of nitriles is 1. The Morgan fingerprint density at radius 2 is 2.14 bits per heavy atom. The first-order valence-electron chi connectivity index (χ1n) is 4.53. The van der Waals surface area contributed by atoms with Gasteiger partial charge in [0.2, 0.25) is 0 Å². The lowest BCUT2D eigenvalue weighted by molar-refractivity contribution is 0.248. The molecule has 76 valence electrons. The van der Waals surface area contributed by atoms with Gasteiger partial charge in [-0.25, -0.2) is 0 Å². The van der Waals surface area contributed by atoms with Crippen molar-refractivity contribution in [3.8, 4) is 6.07 Å². The van der Waals surface area contributed by atoms with E-state index >= 15 is 0 Å². The lowest BCUT2D eigenvalue weighted by Crippen LogP contribution is -2.21. The predicted octanol–water partition coefficient (Wildman–Crippen LogP) is 0.756. The van der Waals surface area contributed by atoms with Gasteiger partial charge in [0.1, 0.15) is 11.8 Å². The number of likely N-dealkylation sites (N-methyl/N-ethyl adjacent to an activating group) is 1. The van der Waals surface area contributed by atoms with Crippen molar-refractivity contribution in [3.05, 3.63) is 22.5 Å². The number of hydrogen-bond acceptors (Lipinski definition) is 3. The average molecular weight is 193 g/mol. The molecule has 0 radical (unpaired) electrons. The van der Waals surface area contributed by atoms with Crippen molar-refractivity contribution in [1.82, 2.24) is 10.3 Å². The highest BCUT2D eigenvalue weighted by Crippen LogP contribution is 2.21. The molecule has 1 heterocycles. The molecule has 4 nitrogen and oxygen atoms in total. The van der Waals surface area contributed by atoms with Crippen LogP contribution in [0.15, 0.2) is 0 Å².